The molecule has 2 aromatic carbocycles. The van der Waals surface area contributed by atoms with E-state index in [1.165, 1.54) is 41.6 Å². The molecule has 1 saturated heterocycles. The summed E-state index contributed by atoms with van der Waals surface area (Å²) in [5.41, 5.74) is 1.91. The average molecular weight is 473 g/mol. The second-order valence-electron chi connectivity index (χ2n) is 8.21. The van der Waals surface area contributed by atoms with Gasteiger partial charge in [0.05, 0.1) is 11.5 Å². The second kappa shape index (κ2) is 14.0. The zero-order valence-electron chi connectivity index (χ0n) is 19.0. The zero-order chi connectivity index (χ0) is 23.3. The van der Waals surface area contributed by atoms with Crippen LogP contribution in [0, 0.1) is 5.82 Å². The maximum Gasteiger partial charge on any atom is 0.234 e. The van der Waals surface area contributed by atoms with Crippen molar-refractivity contribution >= 4 is 29.3 Å². The fourth-order valence-corrected chi connectivity index (χ4v) is 4.37. The van der Waals surface area contributed by atoms with Gasteiger partial charge in [0.15, 0.2) is 0 Å². The molecule has 0 atom stereocenters. The number of unbranched alkanes of at least 4 members (excludes halogenated alkanes) is 1. The van der Waals surface area contributed by atoms with E-state index in [1.807, 2.05) is 0 Å². The molecule has 33 heavy (non-hydrogen) atoms. The van der Waals surface area contributed by atoms with Crippen molar-refractivity contribution < 1.29 is 14.0 Å². The number of nitrogens with one attached hydrogen (secondary N) is 2. The molecule has 0 aromatic heterocycles. The van der Waals surface area contributed by atoms with Gasteiger partial charge in [0.25, 0.3) is 0 Å². The van der Waals surface area contributed by atoms with Gasteiger partial charge in [-0.1, -0.05) is 30.3 Å². The van der Waals surface area contributed by atoms with Crippen molar-refractivity contribution in [3.8, 4) is 0 Å². The monoisotopic (exact) mass is 472 g/mol. The van der Waals surface area contributed by atoms with E-state index in [0.29, 0.717) is 12.2 Å². The van der Waals surface area contributed by atoms with E-state index >= 15 is 0 Å². The van der Waals surface area contributed by atoms with Gasteiger partial charge in [0, 0.05) is 45.0 Å². The first-order valence-electron chi connectivity index (χ1n) is 11.5. The van der Waals surface area contributed by atoms with Crippen LogP contribution in [0.25, 0.3) is 0 Å². The van der Waals surface area contributed by atoms with E-state index < -0.39 is 0 Å². The summed E-state index contributed by atoms with van der Waals surface area (Å²) in [6, 6.07) is 16.2. The van der Waals surface area contributed by atoms with Crippen molar-refractivity contribution in [3.05, 3.63) is 66.0 Å². The van der Waals surface area contributed by atoms with Gasteiger partial charge in [0.2, 0.25) is 11.8 Å². The van der Waals surface area contributed by atoms with E-state index in [0.717, 1.165) is 52.1 Å². The normalized spacial score (nSPS) is 14.7. The Labute approximate surface area is 199 Å². The smallest absolute Gasteiger partial charge is 0.234 e. The summed E-state index contributed by atoms with van der Waals surface area (Å²) in [5, 5.41) is 5.61. The molecule has 0 unspecified atom stereocenters. The van der Waals surface area contributed by atoms with Crippen LogP contribution in [0.4, 0.5) is 10.1 Å². The number of carbonyl (C=O) groups excluding carboxylic acids is 2. The number of hydrogen-bond donors (Lipinski definition) is 2. The predicted octanol–water partition coefficient (Wildman–Crippen LogP) is 3.21. The topological polar surface area (TPSA) is 64.7 Å². The molecule has 0 saturated carbocycles. The SMILES string of the molecule is O=C(CSCC(=O)Nc1ccc(F)cc1)NCCCCN1CCN(Cc2ccccc2)CC1. The van der Waals surface area contributed by atoms with Gasteiger partial charge < -0.3 is 15.5 Å². The van der Waals surface area contributed by atoms with Crippen LogP contribution < -0.4 is 10.6 Å². The Bertz CT molecular complexity index is 858. The van der Waals surface area contributed by atoms with E-state index in [9.17, 15) is 14.0 Å². The number of thioether (sulfide) groups is 1. The maximum atomic E-state index is 12.9. The number of anilines is 1. The third kappa shape index (κ3) is 9.94. The number of benzene rings is 2. The quantitative estimate of drug-likeness (QED) is 0.465. The minimum Gasteiger partial charge on any atom is -0.355 e. The Kier molecular flexibility index (Phi) is 10.7. The van der Waals surface area contributed by atoms with E-state index in [4.69, 9.17) is 0 Å². The minimum absolute atomic E-state index is 0.0518. The summed E-state index contributed by atoms with van der Waals surface area (Å²) in [5.74, 6) is -0.172. The molecule has 1 aliphatic heterocycles. The molecule has 2 aromatic rings. The van der Waals surface area contributed by atoms with Gasteiger partial charge in [-0.15, -0.1) is 11.8 Å². The molecule has 0 radical (unpaired) electrons. The summed E-state index contributed by atoms with van der Waals surface area (Å²) >= 11 is 1.27. The summed E-state index contributed by atoms with van der Waals surface area (Å²) in [4.78, 5) is 28.8. The lowest BCUT2D eigenvalue weighted by Crippen LogP contribution is -2.46. The standard InChI is InChI=1S/C25H33FN4O2S/c26-22-8-10-23(11-9-22)28-25(32)20-33-19-24(31)27-12-4-5-13-29-14-16-30(17-15-29)18-21-6-2-1-3-7-21/h1-3,6-11H,4-5,12-20H2,(H,27,31)(H,28,32). The molecule has 2 N–H and O–H groups in total. The van der Waals surface area contributed by atoms with Gasteiger partial charge in [0.1, 0.15) is 5.82 Å². The molecular weight excluding hydrogens is 439 g/mol. The van der Waals surface area contributed by atoms with Crippen LogP contribution in [0.3, 0.4) is 0 Å². The molecule has 1 heterocycles. The fraction of sp³-hybridized carbons (Fsp3) is 0.440. The summed E-state index contributed by atoms with van der Waals surface area (Å²) in [6.45, 7) is 7.12. The second-order valence-corrected chi connectivity index (χ2v) is 9.19. The number of nitrogens with zero attached hydrogens (tertiary/aromatic N) is 2. The third-order valence-electron chi connectivity index (χ3n) is 5.53. The van der Waals surface area contributed by atoms with Crippen LogP contribution in [-0.4, -0.2) is 72.4 Å². The van der Waals surface area contributed by atoms with Gasteiger partial charge in [-0.3, -0.25) is 14.5 Å². The number of piperazine rings is 1. The molecule has 0 aliphatic carbocycles. The predicted molar refractivity (Wildman–Crippen MR) is 133 cm³/mol. The lowest BCUT2D eigenvalue weighted by Gasteiger charge is -2.34. The summed E-state index contributed by atoms with van der Waals surface area (Å²) in [7, 11) is 0. The van der Waals surface area contributed by atoms with Gasteiger partial charge in [-0.05, 0) is 49.2 Å². The van der Waals surface area contributed by atoms with Crippen LogP contribution in [-0.2, 0) is 16.1 Å². The molecule has 2 amide bonds. The lowest BCUT2D eigenvalue weighted by atomic mass is 10.2. The van der Waals surface area contributed by atoms with Crippen LogP contribution >= 0.6 is 11.8 Å². The van der Waals surface area contributed by atoms with Crippen molar-refractivity contribution in [2.24, 2.45) is 0 Å². The van der Waals surface area contributed by atoms with Gasteiger partial charge >= 0.3 is 0 Å². The first-order chi connectivity index (χ1) is 16.1. The Morgan fingerprint density at radius 2 is 1.52 bits per heavy atom. The molecule has 1 fully saturated rings. The molecular formula is C25H33FN4O2S. The van der Waals surface area contributed by atoms with Crippen LogP contribution in [0.5, 0.6) is 0 Å². The first-order valence-corrected chi connectivity index (χ1v) is 12.6. The van der Waals surface area contributed by atoms with Crippen molar-refractivity contribution in [2.75, 3.05) is 56.1 Å². The summed E-state index contributed by atoms with van der Waals surface area (Å²) < 4.78 is 12.9. The average Bonchev–Trinajstić information content (AvgIpc) is 2.82. The molecule has 0 bridgehead atoms. The molecule has 178 valence electrons. The van der Waals surface area contributed by atoms with E-state index in [-0.39, 0.29) is 29.1 Å². The molecule has 6 nitrogen and oxygen atoms in total. The maximum absolute atomic E-state index is 12.9. The molecule has 0 spiro atoms. The highest BCUT2D eigenvalue weighted by atomic mass is 32.2. The number of rotatable bonds is 12. The summed E-state index contributed by atoms with van der Waals surface area (Å²) in [6.07, 6.45) is 2.01. The largest absolute Gasteiger partial charge is 0.355 e. The highest BCUT2D eigenvalue weighted by molar-refractivity contribution is 8.00. The highest BCUT2D eigenvalue weighted by Gasteiger charge is 2.16. The third-order valence-corrected chi connectivity index (χ3v) is 6.46. The van der Waals surface area contributed by atoms with Crippen molar-refractivity contribution in [1.82, 2.24) is 15.1 Å². The van der Waals surface area contributed by atoms with Crippen LogP contribution in [0.15, 0.2) is 54.6 Å². The number of amides is 2. The molecule has 8 heteroatoms. The fourth-order valence-electron chi connectivity index (χ4n) is 3.72. The zero-order valence-corrected chi connectivity index (χ0v) is 19.8. The van der Waals surface area contributed by atoms with Crippen molar-refractivity contribution in [3.63, 3.8) is 0 Å². The lowest BCUT2D eigenvalue weighted by molar-refractivity contribution is -0.118. The van der Waals surface area contributed by atoms with Gasteiger partial charge in [-0.25, -0.2) is 4.39 Å². The van der Waals surface area contributed by atoms with Crippen molar-refractivity contribution in [2.45, 2.75) is 19.4 Å². The highest BCUT2D eigenvalue weighted by Crippen LogP contribution is 2.10. The number of hydrogen-bond acceptors (Lipinski definition) is 5. The van der Waals surface area contributed by atoms with Crippen LogP contribution in [0.2, 0.25) is 0 Å². The first kappa shape index (κ1) is 25.2. The minimum atomic E-state index is -0.347. The Morgan fingerprint density at radius 1 is 0.848 bits per heavy atom. The molecule has 3 rings (SSSR count). The Balaban J connectivity index is 1.16. The Hall–Kier alpha value is -2.42. The van der Waals surface area contributed by atoms with Crippen LogP contribution in [0.1, 0.15) is 18.4 Å². The number of carbonyl (C=O) groups is 2. The molecule has 1 aliphatic rings. The van der Waals surface area contributed by atoms with E-state index in [2.05, 4.69) is 50.8 Å². The van der Waals surface area contributed by atoms with Crippen molar-refractivity contribution in [1.29, 1.82) is 0 Å². The number of halogens is 1. The Morgan fingerprint density at radius 3 is 2.24 bits per heavy atom. The van der Waals surface area contributed by atoms with E-state index in [1.54, 1.807) is 0 Å². The van der Waals surface area contributed by atoms with Gasteiger partial charge in [-0.2, -0.15) is 0 Å².